The highest BCUT2D eigenvalue weighted by Gasteiger charge is 2.17. The first kappa shape index (κ1) is 22.8. The van der Waals surface area contributed by atoms with Crippen LogP contribution in [0.2, 0.25) is 0 Å². The molecule has 34 heavy (non-hydrogen) atoms. The molecule has 0 aliphatic rings. The normalized spacial score (nSPS) is 10.6. The molecule has 2 N–H and O–H groups in total. The van der Waals surface area contributed by atoms with Crippen LogP contribution in [0.25, 0.3) is 10.9 Å². The molecule has 0 saturated carbocycles. The maximum atomic E-state index is 5.49. The third kappa shape index (κ3) is 4.27. The van der Waals surface area contributed by atoms with Gasteiger partial charge in [-0.15, -0.1) is 0 Å². The van der Waals surface area contributed by atoms with Gasteiger partial charge in [0.1, 0.15) is 11.6 Å². The fourth-order valence-corrected chi connectivity index (χ4v) is 3.51. The molecule has 0 bridgehead atoms. The Kier molecular flexibility index (Phi) is 6.44. The number of ether oxygens (including phenoxy) is 5. The van der Waals surface area contributed by atoms with Gasteiger partial charge in [0.25, 0.3) is 0 Å². The summed E-state index contributed by atoms with van der Waals surface area (Å²) in [6.45, 7) is 0. The first-order valence-electron chi connectivity index (χ1n) is 10.3. The van der Waals surface area contributed by atoms with Gasteiger partial charge in [0.2, 0.25) is 11.7 Å². The van der Waals surface area contributed by atoms with Crippen LogP contribution in [0.5, 0.6) is 28.7 Å². The van der Waals surface area contributed by atoms with Crippen molar-refractivity contribution in [3.05, 3.63) is 36.5 Å². The Labute approximate surface area is 196 Å². The van der Waals surface area contributed by atoms with Crippen molar-refractivity contribution < 1.29 is 23.7 Å². The van der Waals surface area contributed by atoms with Gasteiger partial charge in [-0.1, -0.05) is 0 Å². The number of fused-ring (bicyclic) bond motifs is 1. The number of aryl methyl sites for hydroxylation is 1. The molecule has 178 valence electrons. The van der Waals surface area contributed by atoms with E-state index in [1.54, 1.807) is 64.6 Å². The van der Waals surface area contributed by atoms with E-state index in [1.165, 1.54) is 0 Å². The average Bonchev–Trinajstić information content (AvgIpc) is 3.26. The fourth-order valence-electron chi connectivity index (χ4n) is 3.51. The number of rotatable bonds is 9. The first-order valence-corrected chi connectivity index (χ1v) is 10.3. The minimum absolute atomic E-state index is 0.373. The van der Waals surface area contributed by atoms with Crippen molar-refractivity contribution in [3.8, 4) is 28.7 Å². The molecule has 2 aromatic heterocycles. The smallest absolute Gasteiger partial charge is 0.230 e. The molecule has 0 aliphatic heterocycles. The Bertz CT molecular complexity index is 1300. The predicted molar refractivity (Wildman–Crippen MR) is 129 cm³/mol. The van der Waals surface area contributed by atoms with E-state index in [4.69, 9.17) is 28.7 Å². The third-order valence-electron chi connectivity index (χ3n) is 5.19. The van der Waals surface area contributed by atoms with Crippen molar-refractivity contribution in [1.82, 2.24) is 19.7 Å². The number of benzene rings is 2. The van der Waals surface area contributed by atoms with Crippen molar-refractivity contribution in [3.63, 3.8) is 0 Å². The molecule has 0 aliphatic carbocycles. The lowest BCUT2D eigenvalue weighted by molar-refractivity contribution is 0.324. The number of nitrogens with one attached hydrogen (secondary N) is 2. The highest BCUT2D eigenvalue weighted by atomic mass is 16.5. The molecule has 4 aromatic rings. The fraction of sp³-hybridized carbons (Fsp3) is 0.261. The second-order valence-corrected chi connectivity index (χ2v) is 7.12. The zero-order valence-corrected chi connectivity index (χ0v) is 19.8. The summed E-state index contributed by atoms with van der Waals surface area (Å²) in [7, 11) is 9.67. The molecular weight excluding hydrogens is 440 g/mol. The van der Waals surface area contributed by atoms with Crippen LogP contribution in [0.15, 0.2) is 36.5 Å². The van der Waals surface area contributed by atoms with E-state index in [-0.39, 0.29) is 0 Å². The van der Waals surface area contributed by atoms with Gasteiger partial charge in [-0.05, 0) is 6.07 Å². The lowest BCUT2D eigenvalue weighted by Gasteiger charge is -2.17. The number of aromatic nitrogens is 4. The van der Waals surface area contributed by atoms with E-state index in [9.17, 15) is 0 Å². The molecule has 0 saturated heterocycles. The van der Waals surface area contributed by atoms with E-state index < -0.39 is 0 Å². The standard InChI is InChI=1S/C23H26N6O5/c1-29-20(7-8-24-29)27-23-26-15-12-17(31-3)16(30-2)11-14(15)22(28-23)25-13-9-18(32-4)21(34-6)19(10-13)33-5/h7-12H,1-6H3,(H2,25,26,27,28). The summed E-state index contributed by atoms with van der Waals surface area (Å²) in [6.07, 6.45) is 1.69. The summed E-state index contributed by atoms with van der Waals surface area (Å²) >= 11 is 0. The van der Waals surface area contributed by atoms with Crippen LogP contribution in [0, 0.1) is 0 Å². The molecule has 2 aromatic carbocycles. The quantitative estimate of drug-likeness (QED) is 0.376. The zero-order valence-electron chi connectivity index (χ0n) is 19.8. The van der Waals surface area contributed by atoms with Gasteiger partial charge >= 0.3 is 0 Å². The molecular formula is C23H26N6O5. The summed E-state index contributed by atoms with van der Waals surface area (Å²) in [6, 6.07) is 9.04. The monoisotopic (exact) mass is 466 g/mol. The van der Waals surface area contributed by atoms with Crippen molar-refractivity contribution in [2.45, 2.75) is 0 Å². The van der Waals surface area contributed by atoms with E-state index in [0.29, 0.717) is 51.7 Å². The third-order valence-corrected chi connectivity index (χ3v) is 5.19. The molecule has 0 amide bonds. The first-order chi connectivity index (χ1) is 16.5. The van der Waals surface area contributed by atoms with Gasteiger partial charge in [-0.3, -0.25) is 4.68 Å². The Morgan fingerprint density at radius 1 is 0.735 bits per heavy atom. The molecule has 11 heteroatoms. The predicted octanol–water partition coefficient (Wildman–Crippen LogP) is 3.89. The molecule has 0 atom stereocenters. The number of methoxy groups -OCH3 is 5. The van der Waals surface area contributed by atoms with Crippen molar-refractivity contribution in [2.75, 3.05) is 46.2 Å². The van der Waals surface area contributed by atoms with E-state index in [0.717, 1.165) is 11.2 Å². The Morgan fingerprint density at radius 3 is 1.94 bits per heavy atom. The van der Waals surface area contributed by atoms with E-state index in [2.05, 4.69) is 20.7 Å². The Morgan fingerprint density at radius 2 is 1.38 bits per heavy atom. The SMILES string of the molecule is COc1cc2nc(Nc3ccnn3C)nc(Nc3cc(OC)c(OC)c(OC)c3)c2cc1OC. The van der Waals surface area contributed by atoms with Gasteiger partial charge < -0.3 is 34.3 Å². The van der Waals surface area contributed by atoms with Gasteiger partial charge in [-0.2, -0.15) is 10.1 Å². The van der Waals surface area contributed by atoms with E-state index in [1.807, 2.05) is 19.2 Å². The molecule has 0 spiro atoms. The molecule has 0 unspecified atom stereocenters. The van der Waals surface area contributed by atoms with Gasteiger partial charge in [0.05, 0.1) is 47.3 Å². The van der Waals surface area contributed by atoms with Gasteiger partial charge in [-0.25, -0.2) is 4.98 Å². The van der Waals surface area contributed by atoms with Crippen LogP contribution >= 0.6 is 0 Å². The Balaban J connectivity index is 1.86. The van der Waals surface area contributed by atoms with Gasteiger partial charge in [0, 0.05) is 42.4 Å². The van der Waals surface area contributed by atoms with Crippen molar-refractivity contribution in [1.29, 1.82) is 0 Å². The van der Waals surface area contributed by atoms with Crippen molar-refractivity contribution >= 4 is 34.2 Å². The molecule has 11 nitrogen and oxygen atoms in total. The largest absolute Gasteiger partial charge is 0.493 e. The van der Waals surface area contributed by atoms with Crippen LogP contribution in [-0.2, 0) is 7.05 Å². The van der Waals surface area contributed by atoms with Crippen molar-refractivity contribution in [2.24, 2.45) is 7.05 Å². The lowest BCUT2D eigenvalue weighted by atomic mass is 10.2. The Hall–Kier alpha value is -4.41. The number of hydrogen-bond acceptors (Lipinski definition) is 10. The second-order valence-electron chi connectivity index (χ2n) is 7.12. The van der Waals surface area contributed by atoms with E-state index >= 15 is 0 Å². The summed E-state index contributed by atoms with van der Waals surface area (Å²) in [5.41, 5.74) is 1.32. The highest BCUT2D eigenvalue weighted by Crippen LogP contribution is 2.42. The molecule has 2 heterocycles. The number of anilines is 4. The minimum atomic E-state index is 0.373. The number of hydrogen-bond donors (Lipinski definition) is 2. The molecule has 4 rings (SSSR count). The minimum Gasteiger partial charge on any atom is -0.493 e. The van der Waals surface area contributed by atoms with Gasteiger partial charge in [0.15, 0.2) is 23.0 Å². The van der Waals surface area contributed by atoms with Crippen LogP contribution < -0.4 is 34.3 Å². The topological polar surface area (TPSA) is 114 Å². The van der Waals surface area contributed by atoms with Crippen LogP contribution in [0.1, 0.15) is 0 Å². The maximum Gasteiger partial charge on any atom is 0.230 e. The zero-order chi connectivity index (χ0) is 24.2. The summed E-state index contributed by atoms with van der Waals surface area (Å²) in [5, 5.41) is 11.4. The highest BCUT2D eigenvalue weighted by molar-refractivity contribution is 5.94. The van der Waals surface area contributed by atoms with Crippen LogP contribution in [-0.4, -0.2) is 55.3 Å². The molecule has 0 radical (unpaired) electrons. The average molecular weight is 466 g/mol. The maximum absolute atomic E-state index is 5.49. The summed E-state index contributed by atoms with van der Waals surface area (Å²) in [4.78, 5) is 9.38. The van der Waals surface area contributed by atoms with Crippen LogP contribution in [0.4, 0.5) is 23.3 Å². The molecule has 0 fully saturated rings. The summed E-state index contributed by atoms with van der Waals surface area (Å²) < 4.78 is 29.0. The summed E-state index contributed by atoms with van der Waals surface area (Å²) in [5.74, 6) is 4.26. The lowest BCUT2D eigenvalue weighted by Crippen LogP contribution is -2.06. The van der Waals surface area contributed by atoms with Crippen LogP contribution in [0.3, 0.4) is 0 Å². The second kappa shape index (κ2) is 9.61. The number of nitrogens with zero attached hydrogens (tertiary/aromatic N) is 4.